The lowest BCUT2D eigenvalue weighted by Gasteiger charge is -2.64. The van der Waals surface area contributed by atoms with Crippen molar-refractivity contribution in [1.82, 2.24) is 5.32 Å². The molecule has 0 heterocycles. The first-order valence-corrected chi connectivity index (χ1v) is 10.2. The Hall–Kier alpha value is -0.0400. The molecule has 0 aromatic rings. The predicted molar refractivity (Wildman–Crippen MR) is 75.8 cm³/mol. The van der Waals surface area contributed by atoms with E-state index in [1.54, 1.807) is 12.8 Å². The van der Waals surface area contributed by atoms with E-state index in [2.05, 4.69) is 5.32 Å². The molecule has 21 heavy (non-hydrogen) atoms. The molecule has 0 amide bonds. The zero-order valence-electron chi connectivity index (χ0n) is 12.3. The molecular formula is C20H23N. The Morgan fingerprint density at radius 1 is 0.381 bits per heavy atom. The quantitative estimate of drug-likeness (QED) is 0.815. The van der Waals surface area contributed by atoms with E-state index < -0.39 is 0 Å². The molecule has 18 atom stereocenters. The molecule has 12 saturated carbocycles. The van der Waals surface area contributed by atoms with Gasteiger partial charge in [0.15, 0.2) is 0 Å². The van der Waals surface area contributed by atoms with Crippen molar-refractivity contribution in [3.63, 3.8) is 0 Å². The van der Waals surface area contributed by atoms with E-state index in [9.17, 15) is 0 Å². The smallest absolute Gasteiger partial charge is 0.0138 e. The third kappa shape index (κ3) is 0.552. The Kier molecular flexibility index (Phi) is 0.980. The van der Waals surface area contributed by atoms with Crippen LogP contribution in [0.15, 0.2) is 0 Å². The second-order valence-electron chi connectivity index (χ2n) is 11.3. The van der Waals surface area contributed by atoms with Crippen molar-refractivity contribution in [3.05, 3.63) is 0 Å². The van der Waals surface area contributed by atoms with Gasteiger partial charge in [0.1, 0.15) is 0 Å². The molecular weight excluding hydrogens is 254 g/mol. The van der Waals surface area contributed by atoms with Gasteiger partial charge in [-0.25, -0.2) is 0 Å². The number of rotatable bonds is 2. The van der Waals surface area contributed by atoms with Crippen molar-refractivity contribution in [3.8, 4) is 0 Å². The van der Waals surface area contributed by atoms with Gasteiger partial charge in [0.05, 0.1) is 0 Å². The lowest BCUT2D eigenvalue weighted by molar-refractivity contribution is -0.171. The first-order valence-electron chi connectivity index (χ1n) is 10.2. The van der Waals surface area contributed by atoms with Gasteiger partial charge in [-0.15, -0.1) is 0 Å². The van der Waals surface area contributed by atoms with E-state index in [1.807, 2.05) is 0 Å². The topological polar surface area (TPSA) is 12.0 Å². The molecule has 8 bridgehead atoms. The van der Waals surface area contributed by atoms with E-state index in [0.717, 1.165) is 12.1 Å². The largest absolute Gasteiger partial charge is 0.310 e. The van der Waals surface area contributed by atoms with Crippen molar-refractivity contribution in [2.45, 2.75) is 24.9 Å². The van der Waals surface area contributed by atoms with Crippen molar-refractivity contribution in [2.75, 3.05) is 0 Å². The van der Waals surface area contributed by atoms with Gasteiger partial charge in [-0.05, 0) is 108 Å². The Morgan fingerprint density at radius 3 is 1.19 bits per heavy atom. The van der Waals surface area contributed by atoms with E-state index in [1.165, 1.54) is 94.7 Å². The summed E-state index contributed by atoms with van der Waals surface area (Å²) in [6, 6.07) is 2.05. The van der Waals surface area contributed by atoms with Gasteiger partial charge in [0.25, 0.3) is 0 Å². The summed E-state index contributed by atoms with van der Waals surface area (Å²) in [6.45, 7) is 0. The van der Waals surface area contributed by atoms with Crippen molar-refractivity contribution in [1.29, 1.82) is 0 Å². The van der Waals surface area contributed by atoms with Crippen molar-refractivity contribution < 1.29 is 0 Å². The van der Waals surface area contributed by atoms with Crippen LogP contribution in [0.25, 0.3) is 0 Å². The molecule has 18 unspecified atom stereocenters. The molecule has 0 radical (unpaired) electrons. The zero-order valence-corrected chi connectivity index (χ0v) is 12.3. The minimum Gasteiger partial charge on any atom is -0.310 e. The number of hydrogen-bond donors (Lipinski definition) is 1. The molecule has 1 heteroatoms. The highest BCUT2D eigenvalue weighted by molar-refractivity contribution is 5.38. The highest BCUT2D eigenvalue weighted by atomic mass is 15.1. The number of nitrogens with one attached hydrogen (secondary N) is 1. The van der Waals surface area contributed by atoms with Crippen LogP contribution in [-0.2, 0) is 0 Å². The fraction of sp³-hybridized carbons (Fsp3) is 1.00. The molecule has 0 saturated heterocycles. The van der Waals surface area contributed by atoms with E-state index in [0.29, 0.717) is 0 Å². The monoisotopic (exact) mass is 277 g/mol. The normalized spacial score (nSPS) is 95.4. The maximum Gasteiger partial charge on any atom is 0.0138 e. The molecule has 12 aliphatic rings. The summed E-state index contributed by atoms with van der Waals surface area (Å²) in [5.41, 5.74) is 0. The maximum atomic E-state index is 4.45. The molecule has 12 fully saturated rings. The Balaban J connectivity index is 1.09. The number of hydrogen-bond acceptors (Lipinski definition) is 1. The van der Waals surface area contributed by atoms with Crippen LogP contribution in [-0.4, -0.2) is 12.1 Å². The van der Waals surface area contributed by atoms with Gasteiger partial charge >= 0.3 is 0 Å². The van der Waals surface area contributed by atoms with Gasteiger partial charge in [0, 0.05) is 12.1 Å². The van der Waals surface area contributed by atoms with E-state index in [4.69, 9.17) is 0 Å². The lowest BCUT2D eigenvalue weighted by Crippen LogP contribution is -2.62. The summed E-state index contributed by atoms with van der Waals surface area (Å²) >= 11 is 0. The van der Waals surface area contributed by atoms with Crippen molar-refractivity contribution >= 4 is 0 Å². The van der Waals surface area contributed by atoms with Gasteiger partial charge in [0.2, 0.25) is 0 Å². The first kappa shape index (κ1) is 9.30. The molecule has 0 spiro atoms. The molecule has 12 rings (SSSR count). The molecule has 1 nitrogen and oxygen atoms in total. The lowest BCUT2D eigenvalue weighted by atomic mass is 9.41. The van der Waals surface area contributed by atoms with Crippen LogP contribution in [0.5, 0.6) is 0 Å². The van der Waals surface area contributed by atoms with Crippen molar-refractivity contribution in [2.24, 2.45) is 94.7 Å². The van der Waals surface area contributed by atoms with E-state index in [-0.39, 0.29) is 0 Å². The standard InChI is InChI=1S/C20H23N/c1-3-7-9-5(1)13-11(3)15(7)17(9)19(13)21-20-14-6-2-4-8-10(6)18(20)16(8)12(4)14/h3-21H,1-2H2. The minimum absolute atomic E-state index is 1.03. The average Bonchev–Trinajstić information content (AvgIpc) is 3.12. The summed E-state index contributed by atoms with van der Waals surface area (Å²) in [4.78, 5) is 0. The van der Waals surface area contributed by atoms with Gasteiger partial charge in [-0.3, -0.25) is 0 Å². The summed E-state index contributed by atoms with van der Waals surface area (Å²) in [5.74, 6) is 19.6. The summed E-state index contributed by atoms with van der Waals surface area (Å²) in [7, 11) is 0. The van der Waals surface area contributed by atoms with Gasteiger partial charge in [-0.1, -0.05) is 0 Å². The fourth-order valence-electron chi connectivity index (χ4n) is 13.1. The molecule has 108 valence electrons. The van der Waals surface area contributed by atoms with Gasteiger partial charge in [-0.2, -0.15) is 0 Å². The van der Waals surface area contributed by atoms with Crippen LogP contribution in [0.2, 0.25) is 0 Å². The highest BCUT2D eigenvalue weighted by Crippen LogP contribution is 2.90. The second kappa shape index (κ2) is 2.21. The molecule has 12 aliphatic carbocycles. The van der Waals surface area contributed by atoms with Crippen LogP contribution in [0, 0.1) is 94.7 Å². The first-order chi connectivity index (χ1) is 10.4. The third-order valence-corrected chi connectivity index (χ3v) is 12.4. The maximum absolute atomic E-state index is 4.45. The SMILES string of the molecule is C1C2C3C(NC4C5C6CC7C5C5C7C6C45)C4C2C2C1C3C24. The third-order valence-electron chi connectivity index (χ3n) is 12.4. The Morgan fingerprint density at radius 2 is 0.762 bits per heavy atom. The second-order valence-corrected chi connectivity index (χ2v) is 11.3. The van der Waals surface area contributed by atoms with Crippen LogP contribution in [0.3, 0.4) is 0 Å². The van der Waals surface area contributed by atoms with E-state index >= 15 is 0 Å². The van der Waals surface area contributed by atoms with Crippen LogP contribution in [0.4, 0.5) is 0 Å². The molecule has 0 aliphatic heterocycles. The molecule has 0 aromatic carbocycles. The summed E-state index contributed by atoms with van der Waals surface area (Å²) < 4.78 is 0. The van der Waals surface area contributed by atoms with Crippen LogP contribution in [0.1, 0.15) is 12.8 Å². The van der Waals surface area contributed by atoms with Crippen LogP contribution >= 0.6 is 0 Å². The fourth-order valence-corrected chi connectivity index (χ4v) is 13.1. The molecule has 0 aromatic heterocycles. The summed E-state index contributed by atoms with van der Waals surface area (Å²) in [5, 5.41) is 4.45. The predicted octanol–water partition coefficient (Wildman–Crippen LogP) is 2.09. The van der Waals surface area contributed by atoms with Crippen LogP contribution < -0.4 is 5.32 Å². The Labute approximate surface area is 125 Å². The zero-order chi connectivity index (χ0) is 12.5. The van der Waals surface area contributed by atoms with Gasteiger partial charge < -0.3 is 5.32 Å². The average molecular weight is 277 g/mol. The highest BCUT2D eigenvalue weighted by Gasteiger charge is 2.89. The molecule has 1 N–H and O–H groups in total. The minimum atomic E-state index is 1.03. The summed E-state index contributed by atoms with van der Waals surface area (Å²) in [6.07, 6.45) is 3.35. The Bertz CT molecular complexity index is 607.